The average molecular weight is 255 g/mol. The summed E-state index contributed by atoms with van der Waals surface area (Å²) in [5.41, 5.74) is -0.654. The second kappa shape index (κ2) is 5.27. The Kier molecular flexibility index (Phi) is 4.01. The van der Waals surface area contributed by atoms with Crippen LogP contribution in [0.15, 0.2) is 12.1 Å². The van der Waals surface area contributed by atoms with E-state index in [-0.39, 0.29) is 22.8 Å². The number of carbonyl (C=O) groups excluding carboxylic acids is 1. The molecule has 0 aliphatic heterocycles. The fourth-order valence-corrected chi connectivity index (χ4v) is 1.40. The van der Waals surface area contributed by atoms with E-state index >= 15 is 0 Å². The van der Waals surface area contributed by atoms with Crippen LogP contribution in [0.4, 0.5) is 5.69 Å². The van der Waals surface area contributed by atoms with E-state index in [1.807, 2.05) is 0 Å². The van der Waals surface area contributed by atoms with Crippen LogP contribution in [0.25, 0.3) is 0 Å². The summed E-state index contributed by atoms with van der Waals surface area (Å²) >= 11 is 5.61. The average Bonchev–Trinajstić information content (AvgIpc) is 2.28. The molecule has 0 radical (unpaired) electrons. The smallest absolute Gasteiger partial charge is 0.339 e. The fourth-order valence-electron chi connectivity index (χ4n) is 1.17. The van der Waals surface area contributed by atoms with Gasteiger partial charge in [-0.2, -0.15) is 5.26 Å². The van der Waals surface area contributed by atoms with E-state index in [1.54, 1.807) is 13.0 Å². The molecule has 0 spiro atoms. The van der Waals surface area contributed by atoms with Crippen molar-refractivity contribution in [3.63, 3.8) is 0 Å². The van der Waals surface area contributed by atoms with Crippen LogP contribution in [0.2, 0.25) is 5.02 Å². The summed E-state index contributed by atoms with van der Waals surface area (Å²) in [6.07, 6.45) is 0. The highest BCUT2D eigenvalue weighted by Gasteiger charge is 2.21. The van der Waals surface area contributed by atoms with Crippen molar-refractivity contribution in [3.05, 3.63) is 38.4 Å². The lowest BCUT2D eigenvalue weighted by atomic mass is 10.1. The molecule has 0 N–H and O–H groups in total. The Labute approximate surface area is 102 Å². The van der Waals surface area contributed by atoms with Gasteiger partial charge in [0.1, 0.15) is 11.1 Å². The molecule has 0 amide bonds. The molecule has 0 atom stereocenters. The van der Waals surface area contributed by atoms with Gasteiger partial charge in [0.25, 0.3) is 5.69 Å². The van der Waals surface area contributed by atoms with Crippen LogP contribution >= 0.6 is 11.6 Å². The molecule has 17 heavy (non-hydrogen) atoms. The number of nitro benzene ring substituents is 1. The number of benzene rings is 1. The first-order valence-electron chi connectivity index (χ1n) is 4.56. The van der Waals surface area contributed by atoms with Gasteiger partial charge in [0.2, 0.25) is 0 Å². The zero-order chi connectivity index (χ0) is 13.0. The number of hydrogen-bond donors (Lipinski definition) is 0. The highest BCUT2D eigenvalue weighted by molar-refractivity contribution is 6.33. The van der Waals surface area contributed by atoms with E-state index in [9.17, 15) is 14.9 Å². The minimum atomic E-state index is -0.788. The van der Waals surface area contributed by atoms with Gasteiger partial charge < -0.3 is 4.74 Å². The van der Waals surface area contributed by atoms with Gasteiger partial charge in [0, 0.05) is 6.07 Å². The van der Waals surface area contributed by atoms with Crippen molar-refractivity contribution < 1.29 is 14.5 Å². The number of rotatable bonds is 3. The third-order valence-electron chi connectivity index (χ3n) is 1.90. The van der Waals surface area contributed by atoms with Gasteiger partial charge in [-0.3, -0.25) is 10.1 Å². The van der Waals surface area contributed by atoms with Crippen LogP contribution < -0.4 is 0 Å². The maximum atomic E-state index is 11.5. The Hall–Kier alpha value is -2.13. The van der Waals surface area contributed by atoms with Gasteiger partial charge in [-0.25, -0.2) is 4.79 Å². The Bertz CT molecular complexity index is 522. The van der Waals surface area contributed by atoms with E-state index in [1.165, 1.54) is 0 Å². The molecule has 0 saturated heterocycles. The zero-order valence-electron chi connectivity index (χ0n) is 8.77. The normalized spacial score (nSPS) is 9.47. The largest absolute Gasteiger partial charge is 0.462 e. The Balaban J connectivity index is 3.37. The highest BCUT2D eigenvalue weighted by Crippen LogP contribution is 2.28. The Morgan fingerprint density at radius 1 is 1.65 bits per heavy atom. The van der Waals surface area contributed by atoms with Crippen LogP contribution in [0.5, 0.6) is 0 Å². The predicted octanol–water partition coefficient (Wildman–Crippen LogP) is 2.30. The molecule has 7 heteroatoms. The number of nitriles is 1. The molecule has 1 aromatic rings. The van der Waals surface area contributed by atoms with Crippen molar-refractivity contribution in [2.75, 3.05) is 6.61 Å². The maximum Gasteiger partial charge on any atom is 0.339 e. The van der Waals surface area contributed by atoms with Crippen molar-refractivity contribution in [1.29, 1.82) is 5.26 Å². The highest BCUT2D eigenvalue weighted by atomic mass is 35.5. The van der Waals surface area contributed by atoms with E-state index in [2.05, 4.69) is 4.74 Å². The lowest BCUT2D eigenvalue weighted by molar-refractivity contribution is -0.384. The Morgan fingerprint density at radius 2 is 2.29 bits per heavy atom. The lowest BCUT2D eigenvalue weighted by Crippen LogP contribution is -2.08. The molecule has 0 saturated carbocycles. The zero-order valence-corrected chi connectivity index (χ0v) is 9.52. The number of nitro groups is 1. The maximum absolute atomic E-state index is 11.5. The number of hydrogen-bond acceptors (Lipinski definition) is 5. The Morgan fingerprint density at radius 3 is 2.76 bits per heavy atom. The third-order valence-corrected chi connectivity index (χ3v) is 2.20. The number of halogens is 1. The number of ether oxygens (including phenoxy) is 1. The molecular formula is C10H7ClN2O4. The quantitative estimate of drug-likeness (QED) is 0.469. The van der Waals surface area contributed by atoms with Crippen molar-refractivity contribution in [1.82, 2.24) is 0 Å². The molecule has 1 rings (SSSR count). The topological polar surface area (TPSA) is 93.2 Å². The van der Waals surface area contributed by atoms with Gasteiger partial charge in [-0.05, 0) is 13.0 Å². The summed E-state index contributed by atoms with van der Waals surface area (Å²) in [5, 5.41) is 19.2. The molecule has 0 unspecified atom stereocenters. The van der Waals surface area contributed by atoms with E-state index in [4.69, 9.17) is 16.9 Å². The van der Waals surface area contributed by atoms with Gasteiger partial charge >= 0.3 is 5.97 Å². The van der Waals surface area contributed by atoms with Crippen LogP contribution in [0, 0.1) is 21.4 Å². The predicted molar refractivity (Wildman–Crippen MR) is 58.8 cm³/mol. The first-order valence-corrected chi connectivity index (χ1v) is 4.94. The number of nitrogens with zero attached hydrogens (tertiary/aromatic N) is 2. The summed E-state index contributed by atoms with van der Waals surface area (Å²) in [5.74, 6) is -0.788. The van der Waals surface area contributed by atoms with E-state index in [0.717, 1.165) is 12.1 Å². The van der Waals surface area contributed by atoms with Crippen molar-refractivity contribution >= 4 is 23.3 Å². The molecule has 0 bridgehead atoms. The molecule has 0 aliphatic carbocycles. The van der Waals surface area contributed by atoms with Crippen LogP contribution in [-0.4, -0.2) is 17.5 Å². The van der Waals surface area contributed by atoms with Crippen LogP contribution in [0.1, 0.15) is 22.8 Å². The molecule has 0 fully saturated rings. The fraction of sp³-hybridized carbons (Fsp3) is 0.200. The molecule has 1 aromatic carbocycles. The van der Waals surface area contributed by atoms with Crippen LogP contribution in [0.3, 0.4) is 0 Å². The minimum absolute atomic E-state index is 0.0564. The summed E-state index contributed by atoms with van der Waals surface area (Å²) in [7, 11) is 0. The van der Waals surface area contributed by atoms with Crippen molar-refractivity contribution in [2.45, 2.75) is 6.92 Å². The SMILES string of the molecule is CCOC(=O)c1cc([N+](=O)[O-])c(Cl)cc1C#N. The van der Waals surface area contributed by atoms with Gasteiger partial charge in [0.05, 0.1) is 22.7 Å². The second-order valence-corrected chi connectivity index (χ2v) is 3.35. The monoisotopic (exact) mass is 254 g/mol. The minimum Gasteiger partial charge on any atom is -0.462 e. The molecule has 0 aliphatic rings. The first kappa shape index (κ1) is 12.9. The van der Waals surface area contributed by atoms with Gasteiger partial charge in [0.15, 0.2) is 0 Å². The summed E-state index contributed by atoms with van der Waals surface area (Å²) in [6, 6.07) is 3.75. The summed E-state index contributed by atoms with van der Waals surface area (Å²) < 4.78 is 4.69. The van der Waals surface area contributed by atoms with Gasteiger partial charge in [-0.1, -0.05) is 11.6 Å². The molecule has 88 valence electrons. The summed E-state index contributed by atoms with van der Waals surface area (Å²) in [6.45, 7) is 1.70. The third kappa shape index (κ3) is 2.71. The number of esters is 1. The molecule has 0 heterocycles. The van der Waals surface area contributed by atoms with E-state index < -0.39 is 16.6 Å². The second-order valence-electron chi connectivity index (χ2n) is 2.94. The van der Waals surface area contributed by atoms with Crippen molar-refractivity contribution in [3.8, 4) is 6.07 Å². The van der Waals surface area contributed by atoms with E-state index in [0.29, 0.717) is 0 Å². The lowest BCUT2D eigenvalue weighted by Gasteiger charge is -2.04. The molecule has 0 aromatic heterocycles. The first-order chi connectivity index (χ1) is 8.01. The number of carbonyl (C=O) groups is 1. The standard InChI is InChI=1S/C10H7ClN2O4/c1-2-17-10(14)7-4-9(13(15)16)8(11)3-6(7)5-12/h3-4H,2H2,1H3. The van der Waals surface area contributed by atoms with Gasteiger partial charge in [-0.15, -0.1) is 0 Å². The molecule has 6 nitrogen and oxygen atoms in total. The summed E-state index contributed by atoms with van der Waals surface area (Å²) in [4.78, 5) is 21.4. The molecular weight excluding hydrogens is 248 g/mol. The van der Waals surface area contributed by atoms with Crippen molar-refractivity contribution in [2.24, 2.45) is 0 Å². The van der Waals surface area contributed by atoms with Crippen LogP contribution in [-0.2, 0) is 4.74 Å².